The Kier molecular flexibility index (Phi) is 3.54. The van der Waals surface area contributed by atoms with E-state index >= 15 is 0 Å². The lowest BCUT2D eigenvalue weighted by atomic mass is 10.2. The van der Waals surface area contributed by atoms with Crippen molar-refractivity contribution in [2.75, 3.05) is 12.8 Å². The smallest absolute Gasteiger partial charge is 0.150 e. The van der Waals surface area contributed by atoms with Gasteiger partial charge in [0.05, 0.1) is 18.3 Å². The molecular formula is C16H13ClN2O2. The zero-order valence-corrected chi connectivity index (χ0v) is 12.1. The van der Waals surface area contributed by atoms with Gasteiger partial charge in [-0.15, -0.1) is 0 Å². The second-order valence-electron chi connectivity index (χ2n) is 4.48. The minimum atomic E-state index is 0.508. The molecule has 0 radical (unpaired) electrons. The summed E-state index contributed by atoms with van der Waals surface area (Å²) in [6.07, 6.45) is 1.67. The number of anilines is 1. The summed E-state index contributed by atoms with van der Waals surface area (Å²) >= 11 is 5.98. The molecule has 4 nitrogen and oxygen atoms in total. The van der Waals surface area contributed by atoms with Crippen molar-refractivity contribution in [1.82, 2.24) is 4.98 Å². The summed E-state index contributed by atoms with van der Waals surface area (Å²) in [5.41, 5.74) is 7.25. The molecule has 106 valence electrons. The van der Waals surface area contributed by atoms with Crippen LogP contribution in [0.25, 0.3) is 10.9 Å². The molecule has 2 N–H and O–H groups in total. The van der Waals surface area contributed by atoms with Crippen molar-refractivity contribution in [3.8, 4) is 17.2 Å². The third-order valence-electron chi connectivity index (χ3n) is 3.10. The molecule has 0 fully saturated rings. The van der Waals surface area contributed by atoms with Crippen molar-refractivity contribution in [3.05, 3.63) is 53.7 Å². The topological polar surface area (TPSA) is 57.4 Å². The summed E-state index contributed by atoms with van der Waals surface area (Å²) in [5, 5.41) is 1.51. The average Bonchev–Trinajstić information content (AvgIpc) is 2.49. The van der Waals surface area contributed by atoms with Gasteiger partial charge in [0.2, 0.25) is 0 Å². The van der Waals surface area contributed by atoms with Crippen molar-refractivity contribution < 1.29 is 9.47 Å². The molecule has 0 saturated carbocycles. The number of hydrogen-bond donors (Lipinski definition) is 1. The first-order valence-corrected chi connectivity index (χ1v) is 6.71. The predicted molar refractivity (Wildman–Crippen MR) is 84.2 cm³/mol. The maximum absolute atomic E-state index is 5.98. The Hall–Kier alpha value is -2.46. The van der Waals surface area contributed by atoms with E-state index in [9.17, 15) is 0 Å². The second kappa shape index (κ2) is 5.50. The van der Waals surface area contributed by atoms with E-state index in [0.29, 0.717) is 28.0 Å². The van der Waals surface area contributed by atoms with Crippen molar-refractivity contribution in [2.24, 2.45) is 0 Å². The van der Waals surface area contributed by atoms with Crippen LogP contribution in [0.1, 0.15) is 0 Å². The van der Waals surface area contributed by atoms with E-state index < -0.39 is 0 Å². The average molecular weight is 301 g/mol. The quantitative estimate of drug-likeness (QED) is 0.734. The van der Waals surface area contributed by atoms with Crippen molar-refractivity contribution in [2.45, 2.75) is 0 Å². The van der Waals surface area contributed by atoms with Gasteiger partial charge >= 0.3 is 0 Å². The van der Waals surface area contributed by atoms with E-state index in [4.69, 9.17) is 26.8 Å². The Morgan fingerprint density at radius 2 is 1.90 bits per heavy atom. The maximum Gasteiger partial charge on any atom is 0.150 e. The number of hydrogen-bond acceptors (Lipinski definition) is 4. The number of halogens is 1. The van der Waals surface area contributed by atoms with Crippen LogP contribution in [0.15, 0.2) is 48.7 Å². The number of fused-ring (bicyclic) bond motifs is 1. The third kappa shape index (κ3) is 2.71. The van der Waals surface area contributed by atoms with Crippen molar-refractivity contribution in [1.29, 1.82) is 0 Å². The molecule has 0 unspecified atom stereocenters. The largest absolute Gasteiger partial charge is 0.497 e. The minimum absolute atomic E-state index is 0.508. The molecule has 0 aliphatic rings. The number of methoxy groups -OCH3 is 1. The van der Waals surface area contributed by atoms with Gasteiger partial charge in [-0.1, -0.05) is 11.6 Å². The van der Waals surface area contributed by atoms with Crippen LogP contribution in [0.2, 0.25) is 5.02 Å². The first-order chi connectivity index (χ1) is 10.2. The van der Waals surface area contributed by atoms with Crippen molar-refractivity contribution >= 4 is 28.2 Å². The molecule has 3 aromatic rings. The molecule has 5 heteroatoms. The number of nitrogen functional groups attached to an aromatic ring is 1. The Morgan fingerprint density at radius 1 is 1.05 bits per heavy atom. The van der Waals surface area contributed by atoms with Crippen LogP contribution >= 0.6 is 11.6 Å². The monoisotopic (exact) mass is 300 g/mol. The molecular weight excluding hydrogens is 288 g/mol. The van der Waals surface area contributed by atoms with E-state index in [1.165, 1.54) is 0 Å². The Bertz CT molecular complexity index is 805. The molecule has 0 spiro atoms. The van der Waals surface area contributed by atoms with Crippen molar-refractivity contribution in [3.63, 3.8) is 0 Å². The minimum Gasteiger partial charge on any atom is -0.497 e. The van der Waals surface area contributed by atoms with Gasteiger partial charge in [0.1, 0.15) is 11.5 Å². The van der Waals surface area contributed by atoms with Gasteiger partial charge in [-0.05, 0) is 36.4 Å². The molecule has 1 heterocycles. The van der Waals surface area contributed by atoms with E-state index in [-0.39, 0.29) is 0 Å². The Morgan fingerprint density at radius 3 is 2.67 bits per heavy atom. The van der Waals surface area contributed by atoms with Gasteiger partial charge in [-0.3, -0.25) is 4.98 Å². The zero-order valence-electron chi connectivity index (χ0n) is 11.3. The standard InChI is InChI=1S/C16H13ClN2O2/c1-20-11-3-5-16(13(18)9-11)21-15-6-7-19-14-8-10(17)2-4-12(14)15/h2-9H,18H2,1H3. The summed E-state index contributed by atoms with van der Waals surface area (Å²) in [7, 11) is 1.59. The Balaban J connectivity index is 2.02. The molecule has 0 aliphatic carbocycles. The van der Waals surface area contributed by atoms with E-state index in [1.54, 1.807) is 49.7 Å². The van der Waals surface area contributed by atoms with Gasteiger partial charge in [0, 0.05) is 22.7 Å². The van der Waals surface area contributed by atoms with Crippen LogP contribution in [0.4, 0.5) is 5.69 Å². The summed E-state index contributed by atoms with van der Waals surface area (Å²) in [4.78, 5) is 4.28. The first-order valence-electron chi connectivity index (χ1n) is 6.33. The highest BCUT2D eigenvalue weighted by atomic mass is 35.5. The molecule has 1 aromatic heterocycles. The van der Waals surface area contributed by atoms with E-state index in [0.717, 1.165) is 10.9 Å². The normalized spacial score (nSPS) is 10.6. The molecule has 3 rings (SSSR count). The molecule has 0 aliphatic heterocycles. The summed E-state index contributed by atoms with van der Waals surface area (Å²) in [6, 6.07) is 12.6. The summed E-state index contributed by atoms with van der Waals surface area (Å²) in [5.74, 6) is 1.93. The number of rotatable bonds is 3. The van der Waals surface area contributed by atoms with Crippen LogP contribution < -0.4 is 15.2 Å². The van der Waals surface area contributed by atoms with Crippen LogP contribution in [-0.2, 0) is 0 Å². The summed E-state index contributed by atoms with van der Waals surface area (Å²) < 4.78 is 11.0. The fourth-order valence-electron chi connectivity index (χ4n) is 2.05. The van der Waals surface area contributed by atoms with Gasteiger partial charge in [0.15, 0.2) is 5.75 Å². The highest BCUT2D eigenvalue weighted by Gasteiger charge is 2.08. The number of ether oxygens (including phenoxy) is 2. The zero-order chi connectivity index (χ0) is 14.8. The van der Waals surface area contributed by atoms with Gasteiger partial charge < -0.3 is 15.2 Å². The number of nitrogens with two attached hydrogens (primary N) is 1. The first kappa shape index (κ1) is 13.5. The molecule has 0 saturated heterocycles. The fraction of sp³-hybridized carbons (Fsp3) is 0.0625. The second-order valence-corrected chi connectivity index (χ2v) is 4.91. The van der Waals surface area contributed by atoms with Crippen LogP contribution in [-0.4, -0.2) is 12.1 Å². The van der Waals surface area contributed by atoms with Gasteiger partial charge in [-0.25, -0.2) is 0 Å². The molecule has 2 aromatic carbocycles. The lowest BCUT2D eigenvalue weighted by Crippen LogP contribution is -1.94. The van der Waals surface area contributed by atoms with E-state index in [2.05, 4.69) is 4.98 Å². The number of pyridine rings is 1. The molecule has 0 bridgehead atoms. The predicted octanol–water partition coefficient (Wildman–Crippen LogP) is 4.27. The Labute approximate surface area is 127 Å². The third-order valence-corrected chi connectivity index (χ3v) is 3.34. The van der Waals surface area contributed by atoms with E-state index in [1.807, 2.05) is 6.07 Å². The number of nitrogens with zero attached hydrogens (tertiary/aromatic N) is 1. The van der Waals surface area contributed by atoms with Gasteiger partial charge in [-0.2, -0.15) is 0 Å². The fourth-order valence-corrected chi connectivity index (χ4v) is 2.22. The lowest BCUT2D eigenvalue weighted by molar-refractivity contribution is 0.413. The van der Waals surface area contributed by atoms with Crippen LogP contribution in [0.5, 0.6) is 17.2 Å². The SMILES string of the molecule is COc1ccc(Oc2ccnc3cc(Cl)ccc23)c(N)c1. The maximum atomic E-state index is 5.98. The number of aromatic nitrogens is 1. The van der Waals surface area contributed by atoms with Gasteiger partial charge in [0.25, 0.3) is 0 Å². The van der Waals surface area contributed by atoms with Crippen LogP contribution in [0, 0.1) is 0 Å². The molecule has 0 amide bonds. The molecule has 21 heavy (non-hydrogen) atoms. The highest BCUT2D eigenvalue weighted by Crippen LogP contribution is 2.34. The number of benzene rings is 2. The molecule has 0 atom stereocenters. The summed E-state index contributed by atoms with van der Waals surface area (Å²) in [6.45, 7) is 0. The highest BCUT2D eigenvalue weighted by molar-refractivity contribution is 6.31. The lowest BCUT2D eigenvalue weighted by Gasteiger charge is -2.11. The van der Waals surface area contributed by atoms with Crippen LogP contribution in [0.3, 0.4) is 0 Å².